The zero-order valence-electron chi connectivity index (χ0n) is 13.5. The van der Waals surface area contributed by atoms with Crippen LogP contribution in [0.2, 0.25) is 0 Å². The number of nitrogens with zero attached hydrogens (tertiary/aromatic N) is 3. The Morgan fingerprint density at radius 3 is 2.81 bits per heavy atom. The van der Waals surface area contributed by atoms with Crippen LogP contribution < -0.4 is 16.6 Å². The van der Waals surface area contributed by atoms with E-state index >= 15 is 0 Å². The summed E-state index contributed by atoms with van der Waals surface area (Å²) < 4.78 is 1.25. The van der Waals surface area contributed by atoms with E-state index in [1.807, 2.05) is 22.9 Å². The molecule has 0 bridgehead atoms. The molecule has 0 aliphatic rings. The Labute approximate surface area is 163 Å². The van der Waals surface area contributed by atoms with Gasteiger partial charge in [0.2, 0.25) is 5.91 Å². The minimum Gasteiger partial charge on any atom is -0.365 e. The molecule has 8 nitrogen and oxygen atoms in total. The lowest BCUT2D eigenvalue weighted by atomic mass is 10.2. The van der Waals surface area contributed by atoms with Crippen molar-refractivity contribution in [3.05, 3.63) is 50.6 Å². The van der Waals surface area contributed by atoms with Crippen molar-refractivity contribution in [2.45, 2.75) is 6.54 Å². The monoisotopic (exact) mass is 417 g/mol. The lowest BCUT2D eigenvalue weighted by Crippen LogP contribution is -2.27. The molecule has 4 aromatic heterocycles. The van der Waals surface area contributed by atoms with Crippen LogP contribution in [0, 0.1) is 0 Å². The van der Waals surface area contributed by atoms with Gasteiger partial charge in [0.1, 0.15) is 16.3 Å². The number of hydrogen-bond acceptors (Lipinski definition) is 8. The van der Waals surface area contributed by atoms with E-state index in [9.17, 15) is 14.4 Å². The van der Waals surface area contributed by atoms with E-state index in [1.54, 1.807) is 0 Å². The first-order valence-corrected chi connectivity index (χ1v) is 10.2. The number of primary amides is 1. The largest absolute Gasteiger partial charge is 0.365 e. The van der Waals surface area contributed by atoms with E-state index in [-0.39, 0.29) is 22.1 Å². The van der Waals surface area contributed by atoms with Crippen LogP contribution in [0.3, 0.4) is 0 Å². The summed E-state index contributed by atoms with van der Waals surface area (Å²) in [7, 11) is 0. The summed E-state index contributed by atoms with van der Waals surface area (Å²) >= 11 is 3.90. The van der Waals surface area contributed by atoms with E-state index < -0.39 is 11.8 Å². The van der Waals surface area contributed by atoms with E-state index in [4.69, 9.17) is 5.73 Å². The number of aromatic nitrogens is 3. The summed E-state index contributed by atoms with van der Waals surface area (Å²) in [6.07, 6.45) is 2.65. The van der Waals surface area contributed by atoms with Crippen LogP contribution in [0.15, 0.2) is 40.2 Å². The van der Waals surface area contributed by atoms with Crippen LogP contribution in [0.4, 0.5) is 5.13 Å². The van der Waals surface area contributed by atoms with Crippen molar-refractivity contribution in [2.75, 3.05) is 5.32 Å². The number of nitrogens with one attached hydrogen (secondary N) is 1. The normalized spacial score (nSPS) is 11.0. The quantitative estimate of drug-likeness (QED) is 0.517. The van der Waals surface area contributed by atoms with Gasteiger partial charge in [-0.25, -0.2) is 9.97 Å². The third kappa shape index (κ3) is 3.39. The van der Waals surface area contributed by atoms with Gasteiger partial charge in [-0.15, -0.1) is 22.7 Å². The van der Waals surface area contributed by atoms with Crippen LogP contribution >= 0.6 is 34.0 Å². The lowest BCUT2D eigenvalue weighted by molar-refractivity contribution is -0.116. The maximum atomic E-state index is 12.9. The van der Waals surface area contributed by atoms with E-state index in [2.05, 4.69) is 15.3 Å². The molecule has 0 fully saturated rings. The maximum absolute atomic E-state index is 12.9. The Hall–Kier alpha value is -2.89. The molecule has 0 atom stereocenters. The number of nitrogens with two attached hydrogens (primary N) is 1. The first kappa shape index (κ1) is 17.5. The first-order chi connectivity index (χ1) is 13.0. The van der Waals surface area contributed by atoms with Crippen molar-refractivity contribution < 1.29 is 9.59 Å². The Bertz CT molecular complexity index is 1210. The van der Waals surface area contributed by atoms with Crippen LogP contribution in [0.5, 0.6) is 0 Å². The third-order valence-corrected chi connectivity index (χ3v) is 6.37. The fraction of sp³-hybridized carbons (Fsp3) is 0.0625. The molecule has 0 aromatic carbocycles. The van der Waals surface area contributed by atoms with E-state index in [0.29, 0.717) is 10.2 Å². The highest BCUT2D eigenvalue weighted by Gasteiger charge is 2.16. The minimum absolute atomic E-state index is 0.215. The second-order valence-electron chi connectivity index (χ2n) is 5.43. The number of hydrogen-bond donors (Lipinski definition) is 2. The summed E-state index contributed by atoms with van der Waals surface area (Å²) in [5, 5.41) is 7.14. The Kier molecular flexibility index (Phi) is 4.56. The van der Waals surface area contributed by atoms with Gasteiger partial charge in [-0.1, -0.05) is 17.4 Å². The molecule has 4 aromatic rings. The second kappa shape index (κ2) is 7.02. The zero-order chi connectivity index (χ0) is 19.0. The lowest BCUT2D eigenvalue weighted by Gasteiger charge is -2.05. The van der Waals surface area contributed by atoms with Crippen molar-refractivity contribution in [3.63, 3.8) is 0 Å². The number of anilines is 1. The molecule has 0 aliphatic carbocycles. The van der Waals surface area contributed by atoms with Gasteiger partial charge in [-0.2, -0.15) is 0 Å². The molecule has 3 N–H and O–H groups in total. The highest BCUT2D eigenvalue weighted by atomic mass is 32.1. The molecule has 27 heavy (non-hydrogen) atoms. The van der Waals surface area contributed by atoms with Gasteiger partial charge in [-0.3, -0.25) is 19.0 Å². The smallest absolute Gasteiger partial charge is 0.263 e. The second-order valence-corrected chi connectivity index (χ2v) is 8.26. The van der Waals surface area contributed by atoms with Crippen molar-refractivity contribution in [1.82, 2.24) is 14.5 Å². The number of rotatable bonds is 5. The highest BCUT2D eigenvalue weighted by molar-refractivity contribution is 7.18. The first-order valence-electron chi connectivity index (χ1n) is 7.59. The summed E-state index contributed by atoms with van der Waals surface area (Å²) in [5.74, 6) is -1.06. The maximum Gasteiger partial charge on any atom is 0.263 e. The van der Waals surface area contributed by atoms with E-state index in [0.717, 1.165) is 21.8 Å². The Balaban J connectivity index is 1.61. The number of thiophene rings is 2. The van der Waals surface area contributed by atoms with Gasteiger partial charge in [0.15, 0.2) is 5.13 Å². The topological polar surface area (TPSA) is 120 Å². The zero-order valence-corrected chi connectivity index (χ0v) is 16.0. The number of carbonyl (C=O) groups excluding carboxylic acids is 2. The molecule has 2 amide bonds. The number of thiazole rings is 1. The molecular weight excluding hydrogens is 406 g/mol. The highest BCUT2D eigenvalue weighted by Crippen LogP contribution is 2.33. The molecule has 4 heterocycles. The predicted molar refractivity (Wildman–Crippen MR) is 106 cm³/mol. The summed E-state index contributed by atoms with van der Waals surface area (Å²) in [6.45, 7) is -0.215. The standard InChI is InChI=1S/C16H11N5O3S3/c17-13(23)10-4-18-16(27-10)20-11(22)5-21-7-19-14-12(15(21)24)8(6-26-14)9-2-1-3-25-9/h1-4,6-7H,5H2,(H2,17,23)(H,18,20,22). The molecule has 11 heteroatoms. The molecule has 0 radical (unpaired) electrons. The Morgan fingerprint density at radius 1 is 1.26 bits per heavy atom. The molecule has 0 spiro atoms. The molecule has 0 saturated heterocycles. The Morgan fingerprint density at radius 2 is 2.11 bits per heavy atom. The third-order valence-electron chi connectivity index (χ3n) is 3.66. The average Bonchev–Trinajstić information content (AvgIpc) is 3.36. The average molecular weight is 417 g/mol. The fourth-order valence-electron chi connectivity index (χ4n) is 2.45. The summed E-state index contributed by atoms with van der Waals surface area (Å²) in [5.41, 5.74) is 5.71. The number of fused-ring (bicyclic) bond motifs is 1. The SMILES string of the molecule is NC(=O)c1cnc(NC(=O)Cn2cnc3scc(-c4cccs4)c3c2=O)s1. The van der Waals surface area contributed by atoms with Crippen LogP contribution in [-0.2, 0) is 11.3 Å². The van der Waals surface area contributed by atoms with Crippen molar-refractivity contribution in [1.29, 1.82) is 0 Å². The van der Waals surface area contributed by atoms with Crippen molar-refractivity contribution >= 4 is 61.2 Å². The molecule has 0 aliphatic heterocycles. The van der Waals surface area contributed by atoms with Gasteiger partial charge < -0.3 is 11.1 Å². The van der Waals surface area contributed by atoms with Crippen molar-refractivity contribution in [3.8, 4) is 10.4 Å². The van der Waals surface area contributed by atoms with Crippen LogP contribution in [-0.4, -0.2) is 26.3 Å². The minimum atomic E-state index is -0.613. The molecular formula is C16H11N5O3S3. The van der Waals surface area contributed by atoms with Crippen molar-refractivity contribution in [2.24, 2.45) is 5.73 Å². The summed E-state index contributed by atoms with van der Waals surface area (Å²) in [6, 6.07) is 3.86. The molecule has 0 unspecified atom stereocenters. The van der Waals surface area contributed by atoms with Gasteiger partial charge >= 0.3 is 0 Å². The van der Waals surface area contributed by atoms with E-state index in [1.165, 1.54) is 39.8 Å². The van der Waals surface area contributed by atoms with Crippen LogP contribution in [0.1, 0.15) is 9.67 Å². The number of amides is 2. The van der Waals surface area contributed by atoms with Gasteiger partial charge in [-0.05, 0) is 11.4 Å². The van der Waals surface area contributed by atoms with Gasteiger partial charge in [0.25, 0.3) is 11.5 Å². The molecule has 0 saturated carbocycles. The van der Waals surface area contributed by atoms with Gasteiger partial charge in [0, 0.05) is 15.8 Å². The molecule has 4 rings (SSSR count). The fourth-order valence-corrected chi connectivity index (χ4v) is 4.86. The predicted octanol–water partition coefficient (Wildman–Crippen LogP) is 2.38. The molecule has 136 valence electrons. The summed E-state index contributed by atoms with van der Waals surface area (Å²) in [4.78, 5) is 46.3. The van der Waals surface area contributed by atoms with Gasteiger partial charge in [0.05, 0.1) is 17.9 Å². The number of carbonyl (C=O) groups is 2. The van der Waals surface area contributed by atoms with Crippen LogP contribution in [0.25, 0.3) is 20.7 Å².